The second kappa shape index (κ2) is 78.7. The van der Waals surface area contributed by atoms with Crippen LogP contribution in [0, 0.1) is 22.7 Å². The number of aromatic carboxylic acids is 1. The smallest absolute Gasteiger partial charge is 0.870 e. The fourth-order valence-corrected chi connectivity index (χ4v) is 13.3. The minimum atomic E-state index is -1.22. The number of rotatable bonds is 28. The predicted octanol–water partition coefficient (Wildman–Crippen LogP) is 11.4. The third kappa shape index (κ3) is 54.4. The van der Waals surface area contributed by atoms with Gasteiger partial charge < -0.3 is 74.3 Å². The molecule has 11 rings (SSSR count). The fourth-order valence-electron chi connectivity index (χ4n) is 13.3. The van der Waals surface area contributed by atoms with Gasteiger partial charge in [0.2, 0.25) is 5.91 Å². The standard InChI is InChI=1S/C32H45BN2O6.C16H18BN3O5.C9H14N2O2.C7H10N2O2.C6H11NO2.C4H8O2.C3H8N2O.C2H6O.C2H6.CH3F.CH4O.3CH4.BCl3.ClH.H4N2.Na.H2O/c1-9-22-17-23(35-34-22)18-24(36)16-21(33-40-27-15-20-14-26(31(20,5)6)32(27,7)41-33)13-19-11-10-12-25(28(19)38-8)29(37)39-30(2,3)4;18-8-12-6-11(19-20-12)7-13(21)5-10-4-9-2-1-3-14(16(22)23)15(9)25-17(10)24;1-3-7-5-8(11-10-7)6-9(12)13-4-2;1-2-5-3-6(9-8-5)4-7(10)11;1-3-9-6(7)4-5(2)8;1-3-4(5)6-2;1-2-3(6)5-4;1-2-3;3*1-2;;;;2-1(3)4;;1-2;;/h10-12,20-21,26-27H,9,13-18H2,1-8H3;1-3,10,24H,4-8,18H2,(H,22,23);3-6H2,1-2H3;2-4H2,1H3,(H,10,11);7H,3-4H2,1-2H3;3H2,1-2H3;2,4H2,1H3,(H,5,6);3H,2H2,1H3;1-2H3;1H3;2H,1H3;3*1H4;;1H;1-2H2;;1H2/q;;;;;;;;;;;;;;;;;+1;/p-1/t20-,21+,26-,27+,32-;10-;;;;;;;;;;;;;;;;;/m01................./s1/i;;;;;;;;2*1D;;;;;;;;;. The Kier molecular flexibility index (Phi) is 82.1. The molecule has 37 nitrogen and oxygen atoms in total. The number of nitrogens with zero attached hydrogens (tertiary/aromatic N) is 8. The van der Waals surface area contributed by atoms with Gasteiger partial charge in [0.1, 0.15) is 40.0 Å². The number of fused-ring (bicyclic) bond motifs is 1. The zero-order valence-electron chi connectivity index (χ0n) is 80.4. The van der Waals surface area contributed by atoms with Crippen molar-refractivity contribution in [3.8, 4) is 11.5 Å². The number of para-hydroxylation sites is 2. The number of halogens is 5. The minimum absolute atomic E-state index is 0. The van der Waals surface area contributed by atoms with Crippen LogP contribution in [0.5, 0.6) is 11.5 Å². The van der Waals surface area contributed by atoms with E-state index in [1.807, 2.05) is 52.2 Å². The first-order chi connectivity index (χ1) is 60.5. The zero-order valence-corrected chi connectivity index (χ0v) is 83.5. The molecular formula is C86H151B3Cl4FN14NaO23. The number of aliphatic hydroxyl groups is 2. The molecule has 3 saturated carbocycles. The van der Waals surface area contributed by atoms with Crippen LogP contribution in [0.4, 0.5) is 4.39 Å². The summed E-state index contributed by atoms with van der Waals surface area (Å²) in [6.45, 7) is 32.4. The number of nitrogens with two attached hydrogens (primary N) is 4. The number of hydrogen-bond donors (Lipinski definition) is 11. The number of esters is 3. The molecule has 16 N–H and O–H groups in total. The van der Waals surface area contributed by atoms with Gasteiger partial charge in [-0.3, -0.25) is 60.5 Å². The third-order valence-electron chi connectivity index (χ3n) is 19.1. The Morgan fingerprint density at radius 2 is 1.17 bits per heavy atom. The van der Waals surface area contributed by atoms with Gasteiger partial charge in [0, 0.05) is 115 Å². The number of carboxylic acid groups (broad SMARTS) is 2. The Morgan fingerprint density at radius 1 is 0.727 bits per heavy atom. The van der Waals surface area contributed by atoms with Crippen LogP contribution in [0.2, 0.25) is 11.6 Å². The molecule has 46 heteroatoms. The number of ether oxygens (including phenoxy) is 5. The van der Waals surface area contributed by atoms with E-state index in [2.05, 4.69) is 90.8 Å². The number of aliphatic carboxylic acids is 1. The second-order valence-corrected chi connectivity index (χ2v) is 31.7. The average molecular weight is 1970 g/mol. The summed E-state index contributed by atoms with van der Waals surface area (Å²) >= 11 is 14.4. The van der Waals surface area contributed by atoms with Crippen molar-refractivity contribution in [2.45, 2.75) is 297 Å². The summed E-state index contributed by atoms with van der Waals surface area (Å²) in [5.74, 6) is 10.8. The predicted molar refractivity (Wildman–Crippen MR) is 525 cm³/mol. The molecule has 4 fully saturated rings. The second-order valence-electron chi connectivity index (χ2n) is 29.7. The number of Topliss-reactive ketones (excluding diaryl/α,β-unsaturated/α-hetero) is 3. The Hall–Kier alpha value is -7.42. The number of carbonyl (C=O) groups is 9. The van der Waals surface area contributed by atoms with E-state index in [0.29, 0.717) is 112 Å². The van der Waals surface area contributed by atoms with E-state index in [-0.39, 0.29) is 197 Å². The van der Waals surface area contributed by atoms with Gasteiger partial charge >= 0.3 is 78.6 Å². The number of carbonyl (C=O) groups excluding carboxylic acids is 7. The van der Waals surface area contributed by atoms with Gasteiger partial charge in [0.25, 0.3) is 0 Å². The molecule has 2 aromatic rings. The molecule has 0 aromatic heterocycles. The number of nitrogens with one attached hydrogen (secondary N) is 2. The third-order valence-corrected chi connectivity index (χ3v) is 19.1. The molecule has 2 aromatic carbocycles. The quantitative estimate of drug-likeness (QED) is 0.00551. The first kappa shape index (κ1) is 138. The van der Waals surface area contributed by atoms with Crippen LogP contribution in [0.15, 0.2) is 77.2 Å². The SMILES string of the molecule is C.C.C.CCC(=O)NN.CCC(=O)OC.CCC1=NN=C(CC(=O)C[C@@H](Cc2cccc(C(=O)OC(C)(C)C)c2OC)B2O[C@@H]3C[C@@H]4C[C@@H](C4(C)C)[C@]3(C)O2)C1.CCC1=NN=C(CC(=O)O)C1.CCO.CCOC(=N)CC(C)=O.CCOC(=O)CC1=NN=C(CC)C1.CO.Cl.ClB(Cl)Cl.NCC1=NN=C(CC(=O)C[C@H]2Cc3cccc(C(=O)O)c3OB2O)C1.NN.[2H]CC.[2H]CF.[Na+].[OH-]. The molecule has 1 saturated heterocycles. The number of carboxylic acids is 2. The number of ketones is 3. The molecule has 3 aliphatic carbocycles. The summed E-state index contributed by atoms with van der Waals surface area (Å²) in [6, 6.07) is 10.3. The average Bonchev–Trinajstić information content (AvgIpc) is 1.46. The van der Waals surface area contributed by atoms with Crippen LogP contribution >= 0.6 is 46.8 Å². The maximum Gasteiger partial charge on any atom is 1.00 e. The van der Waals surface area contributed by atoms with Crippen LogP contribution in [0.3, 0.4) is 0 Å². The van der Waals surface area contributed by atoms with Crippen molar-refractivity contribution in [3.05, 3.63) is 58.7 Å². The van der Waals surface area contributed by atoms with E-state index in [0.717, 1.165) is 85.5 Å². The largest absolute Gasteiger partial charge is 1.00 e. The van der Waals surface area contributed by atoms with E-state index in [4.69, 9.17) is 96.5 Å². The van der Waals surface area contributed by atoms with Crippen molar-refractivity contribution in [3.63, 3.8) is 0 Å². The Balaban J connectivity index is -0.000000206. The van der Waals surface area contributed by atoms with Gasteiger partial charge in [-0.2, -0.15) is 75.2 Å². The van der Waals surface area contributed by atoms with E-state index in [9.17, 15) is 57.7 Å². The number of hydrazine groups is 2. The number of benzene rings is 2. The van der Waals surface area contributed by atoms with E-state index < -0.39 is 55.7 Å². The molecule has 0 unspecified atom stereocenters. The molecule has 0 radical (unpaired) electrons. The van der Waals surface area contributed by atoms with Crippen molar-refractivity contribution in [1.82, 2.24) is 5.43 Å². The van der Waals surface area contributed by atoms with E-state index >= 15 is 0 Å². The number of amides is 1. The van der Waals surface area contributed by atoms with E-state index in [1.165, 1.54) is 20.1 Å². The van der Waals surface area contributed by atoms with Crippen molar-refractivity contribution in [1.29, 1.82) is 5.41 Å². The normalized spacial score (nSPS) is 17.4. The van der Waals surface area contributed by atoms with Crippen molar-refractivity contribution >= 4 is 171 Å². The van der Waals surface area contributed by atoms with Gasteiger partial charge in [-0.05, 0) is 141 Å². The summed E-state index contributed by atoms with van der Waals surface area (Å²) in [5.41, 5.74) is 15.3. The molecule has 132 heavy (non-hydrogen) atoms. The van der Waals surface area contributed by atoms with Crippen LogP contribution in [0.25, 0.3) is 0 Å². The zero-order chi connectivity index (χ0) is 98.6. The molecule has 1 amide bonds. The van der Waals surface area contributed by atoms with Gasteiger partial charge in [0.15, 0.2) is 5.90 Å². The molecule has 6 atom stereocenters. The summed E-state index contributed by atoms with van der Waals surface area (Å²) in [5, 5.41) is 81.1. The van der Waals surface area contributed by atoms with Crippen LogP contribution in [-0.2, 0) is 74.7 Å². The Morgan fingerprint density at radius 3 is 1.55 bits per heavy atom. The molecule has 9 aliphatic rings. The summed E-state index contributed by atoms with van der Waals surface area (Å²) in [4.78, 5) is 101. The van der Waals surface area contributed by atoms with Gasteiger partial charge in [-0.15, -0.1) is 12.4 Å². The summed E-state index contributed by atoms with van der Waals surface area (Å²) < 4.78 is 65.8. The minimum Gasteiger partial charge on any atom is -0.870 e. The molecule has 6 aliphatic heterocycles. The van der Waals surface area contributed by atoms with Crippen molar-refractivity contribution in [2.24, 2.45) is 81.3 Å². The van der Waals surface area contributed by atoms with Crippen molar-refractivity contribution < 1.29 is 148 Å². The monoisotopic (exact) mass is 1970 g/mol. The number of hydrogen-bond acceptors (Lipinski definition) is 34. The number of aliphatic hydroxyl groups excluding tert-OH is 2. The molecule has 2 bridgehead atoms. The molecule has 0 spiro atoms. The first-order valence-corrected chi connectivity index (χ1v) is 42.5. The van der Waals surface area contributed by atoms with Crippen molar-refractivity contribution in [2.75, 3.05) is 54.8 Å². The molecule has 6 heterocycles. The number of methoxy groups -OCH3 is 2. The topological polar surface area (TPSA) is 597 Å². The molecular weight excluding hydrogens is 1810 g/mol. The first-order valence-electron chi connectivity index (χ1n) is 42.6. The Bertz CT molecular complexity index is 4040. The van der Waals surface area contributed by atoms with Gasteiger partial charge in [-0.25, -0.2) is 15.4 Å². The molecule has 748 valence electrons. The van der Waals surface area contributed by atoms with Crippen LogP contribution in [-0.4, -0.2) is 227 Å². The maximum absolute atomic E-state index is 13.5. The summed E-state index contributed by atoms with van der Waals surface area (Å²) in [7, 11) is 1.18. The van der Waals surface area contributed by atoms with Gasteiger partial charge in [0.05, 0.1) is 101 Å². The maximum atomic E-state index is 13.5. The van der Waals surface area contributed by atoms with E-state index in [1.54, 1.807) is 66.9 Å². The number of alkyl halides is 1. The van der Waals surface area contributed by atoms with Crippen LogP contribution < -0.4 is 67.6 Å². The Labute approximate surface area is 828 Å². The van der Waals surface area contributed by atoms with Gasteiger partial charge in [-0.1, -0.05) is 109 Å². The fraction of sp³-hybridized carbons (Fsp3) is 0.651. The summed E-state index contributed by atoms with van der Waals surface area (Å²) in [6.07, 6.45) is 10.3. The van der Waals surface area contributed by atoms with Crippen LogP contribution in [0.1, 0.15) is 290 Å².